The summed E-state index contributed by atoms with van der Waals surface area (Å²) in [5.41, 5.74) is 2.93. The molecule has 124 valence electrons. The maximum atomic E-state index is 10.3. The lowest BCUT2D eigenvalue weighted by molar-refractivity contribution is 0.462. The summed E-state index contributed by atoms with van der Waals surface area (Å²) >= 11 is 3.59. The summed E-state index contributed by atoms with van der Waals surface area (Å²) < 4.78 is 0.999. The van der Waals surface area contributed by atoms with Crippen LogP contribution in [-0.2, 0) is 6.42 Å². The van der Waals surface area contributed by atoms with Gasteiger partial charge in [-0.15, -0.1) is 34.0 Å². The molecule has 3 rings (SSSR count). The van der Waals surface area contributed by atoms with E-state index in [-0.39, 0.29) is 45.8 Å². The Hall–Kier alpha value is -0.920. The van der Waals surface area contributed by atoms with Crippen molar-refractivity contribution in [3.8, 4) is 5.75 Å². The Kier molecular flexibility index (Phi) is 7.23. The average Bonchev–Trinajstić information content (AvgIpc) is 2.51. The predicted octanol–water partition coefficient (Wildman–Crippen LogP) is 4.31. The summed E-state index contributed by atoms with van der Waals surface area (Å²) in [7, 11) is 3.97. The molecule has 0 saturated carbocycles. The van der Waals surface area contributed by atoms with Crippen LogP contribution in [-0.4, -0.2) is 34.9 Å². The molecule has 2 heterocycles. The molecule has 1 aromatic carbocycles. The Morgan fingerprint density at radius 2 is 1.96 bits per heavy atom. The average molecular weight is 508 g/mol. The van der Waals surface area contributed by atoms with E-state index in [1.165, 1.54) is 0 Å². The van der Waals surface area contributed by atoms with Gasteiger partial charge in [-0.3, -0.25) is 9.98 Å². The Labute approximate surface area is 165 Å². The molecule has 1 aliphatic heterocycles. The van der Waals surface area contributed by atoms with Gasteiger partial charge in [0, 0.05) is 42.9 Å². The van der Waals surface area contributed by atoms with E-state index in [1.807, 2.05) is 37.2 Å². The number of likely N-dealkylation sites (N-methyl/N-ethyl adjacent to an activating group) is 1. The second kappa shape index (κ2) is 8.26. The molecule has 0 spiro atoms. The molecule has 23 heavy (non-hydrogen) atoms. The van der Waals surface area contributed by atoms with E-state index in [4.69, 9.17) is 4.99 Å². The third kappa shape index (κ3) is 3.95. The van der Waals surface area contributed by atoms with Crippen LogP contribution in [0.3, 0.4) is 0 Å². The van der Waals surface area contributed by atoms with Crippen molar-refractivity contribution >= 4 is 55.7 Å². The summed E-state index contributed by atoms with van der Waals surface area (Å²) in [6.45, 7) is 0. The van der Waals surface area contributed by atoms with Gasteiger partial charge in [-0.1, -0.05) is 22.0 Å². The highest BCUT2D eigenvalue weighted by Gasteiger charge is 2.28. The van der Waals surface area contributed by atoms with Gasteiger partial charge in [-0.25, -0.2) is 0 Å². The fraction of sp³-hybridized carbons (Fsp3) is 0.250. The second-order valence-corrected chi connectivity index (χ2v) is 6.12. The van der Waals surface area contributed by atoms with Crippen LogP contribution in [0.2, 0.25) is 0 Å². The Balaban J connectivity index is 0.00000132. The van der Waals surface area contributed by atoms with Crippen LogP contribution < -0.4 is 0 Å². The van der Waals surface area contributed by atoms with Crippen molar-refractivity contribution in [2.75, 3.05) is 14.1 Å². The molecule has 4 nitrogen and oxygen atoms in total. The topological polar surface area (TPSA) is 48.7 Å². The van der Waals surface area contributed by atoms with Crippen LogP contribution in [0.15, 0.2) is 46.1 Å². The van der Waals surface area contributed by atoms with Crippen LogP contribution in [0, 0.1) is 0 Å². The number of halogens is 3. The number of amidine groups is 1. The van der Waals surface area contributed by atoms with E-state index >= 15 is 0 Å². The second-order valence-electron chi connectivity index (χ2n) is 5.26. The van der Waals surface area contributed by atoms with E-state index in [2.05, 4.69) is 20.9 Å². The lowest BCUT2D eigenvalue weighted by Crippen LogP contribution is -2.29. The number of nitrogens with zero attached hydrogens (tertiary/aromatic N) is 3. The smallest absolute Gasteiger partial charge is 0.121 e. The maximum absolute atomic E-state index is 10.3. The summed E-state index contributed by atoms with van der Waals surface area (Å²) in [5.74, 6) is 1.27. The molecule has 1 N–H and O–H groups in total. The lowest BCUT2D eigenvalue weighted by atomic mass is 9.90. The van der Waals surface area contributed by atoms with E-state index in [9.17, 15) is 5.11 Å². The molecule has 0 fully saturated rings. The molecule has 0 radical (unpaired) electrons. The standard InChI is InChI=1S/C16H16BrN3O.2BrH/c1-20(2)14-8-11-12(17)5-6-13(21)15(11)16(19-14)10-4-3-7-18-9-10;;/h3-7,9,16,21H,8H2,1-2H3;2*1H. The van der Waals surface area contributed by atoms with Crippen LogP contribution in [0.5, 0.6) is 5.75 Å². The van der Waals surface area contributed by atoms with Crippen molar-refractivity contribution in [3.63, 3.8) is 0 Å². The van der Waals surface area contributed by atoms with Crippen molar-refractivity contribution in [1.29, 1.82) is 0 Å². The highest BCUT2D eigenvalue weighted by atomic mass is 79.9. The minimum absolute atomic E-state index is 0. The van der Waals surface area contributed by atoms with Crippen LogP contribution in [0.25, 0.3) is 0 Å². The summed E-state index contributed by atoms with van der Waals surface area (Å²) in [4.78, 5) is 11.0. The zero-order chi connectivity index (χ0) is 15.0. The normalized spacial score (nSPS) is 15.6. The minimum Gasteiger partial charge on any atom is -0.508 e. The Morgan fingerprint density at radius 1 is 1.22 bits per heavy atom. The summed E-state index contributed by atoms with van der Waals surface area (Å²) in [5, 5.41) is 10.3. The number of benzene rings is 1. The first-order valence-electron chi connectivity index (χ1n) is 6.72. The van der Waals surface area contributed by atoms with Gasteiger partial charge in [-0.05, 0) is 29.3 Å². The van der Waals surface area contributed by atoms with Gasteiger partial charge in [-0.2, -0.15) is 0 Å². The van der Waals surface area contributed by atoms with Gasteiger partial charge in [0.15, 0.2) is 0 Å². The number of fused-ring (bicyclic) bond motifs is 1. The molecule has 7 heteroatoms. The minimum atomic E-state index is -0.225. The Bertz CT molecular complexity index is 705. The van der Waals surface area contributed by atoms with Gasteiger partial charge in [0.2, 0.25) is 0 Å². The third-order valence-corrected chi connectivity index (χ3v) is 4.42. The van der Waals surface area contributed by atoms with Gasteiger partial charge in [0.1, 0.15) is 17.6 Å². The first-order valence-corrected chi connectivity index (χ1v) is 7.51. The third-order valence-electron chi connectivity index (χ3n) is 3.68. The molecule has 1 unspecified atom stereocenters. The number of aromatic hydroxyl groups is 1. The molecule has 1 aromatic heterocycles. The van der Waals surface area contributed by atoms with Gasteiger partial charge < -0.3 is 10.0 Å². The number of rotatable bonds is 1. The van der Waals surface area contributed by atoms with Crippen molar-refractivity contribution in [1.82, 2.24) is 9.88 Å². The fourth-order valence-electron chi connectivity index (χ4n) is 2.58. The summed E-state index contributed by atoms with van der Waals surface area (Å²) in [6.07, 6.45) is 4.25. The van der Waals surface area contributed by atoms with Gasteiger partial charge in [0.05, 0.1) is 0 Å². The molecule has 0 saturated heterocycles. The van der Waals surface area contributed by atoms with E-state index in [0.717, 1.165) is 27.0 Å². The largest absolute Gasteiger partial charge is 0.508 e. The van der Waals surface area contributed by atoms with Crippen molar-refractivity contribution in [3.05, 3.63) is 57.8 Å². The Morgan fingerprint density at radius 3 is 2.57 bits per heavy atom. The molecule has 0 bridgehead atoms. The first-order chi connectivity index (χ1) is 10.1. The first kappa shape index (κ1) is 20.1. The zero-order valence-electron chi connectivity index (χ0n) is 12.7. The molecular weight excluding hydrogens is 490 g/mol. The number of aromatic nitrogens is 1. The van der Waals surface area contributed by atoms with Crippen LogP contribution in [0.4, 0.5) is 0 Å². The number of phenolic OH excluding ortho intramolecular Hbond substituents is 1. The zero-order valence-corrected chi connectivity index (χ0v) is 17.7. The van der Waals surface area contributed by atoms with Crippen molar-refractivity contribution < 1.29 is 5.11 Å². The van der Waals surface area contributed by atoms with Gasteiger partial charge in [0.25, 0.3) is 0 Å². The number of pyridine rings is 1. The number of aliphatic imine (C=N–C) groups is 1. The highest BCUT2D eigenvalue weighted by Crippen LogP contribution is 2.41. The number of hydrogen-bond acceptors (Lipinski definition) is 4. The van der Waals surface area contributed by atoms with Crippen LogP contribution >= 0.6 is 49.9 Å². The monoisotopic (exact) mass is 505 g/mol. The fourth-order valence-corrected chi connectivity index (χ4v) is 3.07. The highest BCUT2D eigenvalue weighted by molar-refractivity contribution is 9.10. The van der Waals surface area contributed by atoms with Crippen molar-refractivity contribution in [2.45, 2.75) is 12.5 Å². The SMILES string of the molecule is Br.Br.CN(C)C1=NC(c2cccnc2)c2c(O)ccc(Br)c2C1. The van der Waals surface area contributed by atoms with E-state index in [1.54, 1.807) is 18.5 Å². The molecule has 0 aliphatic carbocycles. The maximum Gasteiger partial charge on any atom is 0.121 e. The van der Waals surface area contributed by atoms with Gasteiger partial charge >= 0.3 is 0 Å². The quantitative estimate of drug-likeness (QED) is 0.625. The lowest BCUT2D eigenvalue weighted by Gasteiger charge is -2.28. The molecule has 0 amide bonds. The summed E-state index contributed by atoms with van der Waals surface area (Å²) in [6, 6.07) is 7.25. The van der Waals surface area contributed by atoms with E-state index in [0.29, 0.717) is 6.42 Å². The van der Waals surface area contributed by atoms with Crippen LogP contribution in [0.1, 0.15) is 22.7 Å². The van der Waals surface area contributed by atoms with E-state index < -0.39 is 0 Å². The number of hydrogen-bond donors (Lipinski definition) is 1. The molecule has 1 atom stereocenters. The van der Waals surface area contributed by atoms with Crippen molar-refractivity contribution in [2.24, 2.45) is 4.99 Å². The number of phenols is 1. The predicted molar refractivity (Wildman–Crippen MR) is 107 cm³/mol. The molecular formula is C16H18Br3N3O. The molecule has 1 aliphatic rings. The molecule has 2 aromatic rings.